The summed E-state index contributed by atoms with van der Waals surface area (Å²) in [7, 11) is 0. The van der Waals surface area contributed by atoms with E-state index in [4.69, 9.17) is 5.11 Å². The standard InChI is InChI=1S/C8H7N3O2/c1-5-10-6(8(12)13)7-9-3-2-4-11(5)7/h2-4H,1H3,(H,12,13). The Hall–Kier alpha value is -1.91. The molecule has 0 aliphatic carbocycles. The lowest BCUT2D eigenvalue weighted by molar-refractivity contribution is 0.0693. The first-order chi connectivity index (χ1) is 6.20. The van der Waals surface area contributed by atoms with Gasteiger partial charge in [-0.15, -0.1) is 0 Å². The molecule has 0 aliphatic rings. The third kappa shape index (κ3) is 1.05. The number of aromatic nitrogens is 3. The zero-order valence-corrected chi connectivity index (χ0v) is 6.93. The number of fused-ring (bicyclic) bond motifs is 1. The highest BCUT2D eigenvalue weighted by Gasteiger charge is 2.14. The topological polar surface area (TPSA) is 67.5 Å². The summed E-state index contributed by atoms with van der Waals surface area (Å²) in [4.78, 5) is 18.5. The van der Waals surface area contributed by atoms with E-state index in [1.165, 1.54) is 0 Å². The number of imidazole rings is 1. The van der Waals surface area contributed by atoms with Crippen molar-refractivity contribution in [1.82, 2.24) is 14.4 Å². The van der Waals surface area contributed by atoms with Crippen molar-refractivity contribution in [3.8, 4) is 0 Å². The first kappa shape index (κ1) is 7.72. The molecule has 0 spiro atoms. The lowest BCUT2D eigenvalue weighted by Gasteiger charge is -1.92. The molecular formula is C8H7N3O2. The largest absolute Gasteiger partial charge is 0.476 e. The fourth-order valence-corrected chi connectivity index (χ4v) is 1.22. The van der Waals surface area contributed by atoms with Crippen LogP contribution in [0, 0.1) is 6.92 Å². The Morgan fingerprint density at radius 2 is 2.38 bits per heavy atom. The van der Waals surface area contributed by atoms with Crippen LogP contribution in [-0.4, -0.2) is 25.4 Å². The van der Waals surface area contributed by atoms with Gasteiger partial charge in [0, 0.05) is 12.4 Å². The van der Waals surface area contributed by atoms with E-state index >= 15 is 0 Å². The highest BCUT2D eigenvalue weighted by molar-refractivity contribution is 5.92. The van der Waals surface area contributed by atoms with E-state index in [2.05, 4.69) is 9.97 Å². The maximum absolute atomic E-state index is 10.7. The molecule has 0 aliphatic heterocycles. The summed E-state index contributed by atoms with van der Waals surface area (Å²) in [6.07, 6.45) is 3.28. The minimum atomic E-state index is -1.05. The van der Waals surface area contributed by atoms with E-state index < -0.39 is 5.97 Å². The molecule has 2 rings (SSSR count). The molecule has 0 fully saturated rings. The van der Waals surface area contributed by atoms with Crippen molar-refractivity contribution in [3.05, 3.63) is 30.0 Å². The first-order valence-corrected chi connectivity index (χ1v) is 3.73. The molecule has 0 aromatic carbocycles. The van der Waals surface area contributed by atoms with Crippen molar-refractivity contribution in [2.24, 2.45) is 0 Å². The number of nitrogens with zero attached hydrogens (tertiary/aromatic N) is 3. The molecule has 2 aromatic heterocycles. The van der Waals surface area contributed by atoms with Gasteiger partial charge in [0.2, 0.25) is 0 Å². The Kier molecular flexibility index (Phi) is 1.51. The van der Waals surface area contributed by atoms with Crippen LogP contribution in [0.4, 0.5) is 0 Å². The Balaban J connectivity index is 2.85. The average Bonchev–Trinajstić information content (AvgIpc) is 2.45. The van der Waals surface area contributed by atoms with Gasteiger partial charge in [0.05, 0.1) is 0 Å². The van der Waals surface area contributed by atoms with E-state index in [0.717, 1.165) is 0 Å². The molecule has 0 saturated carbocycles. The Labute approximate surface area is 73.7 Å². The van der Waals surface area contributed by atoms with Gasteiger partial charge < -0.3 is 5.11 Å². The van der Waals surface area contributed by atoms with Gasteiger partial charge in [-0.2, -0.15) is 0 Å². The van der Waals surface area contributed by atoms with Gasteiger partial charge in [0.25, 0.3) is 0 Å². The second kappa shape index (κ2) is 2.55. The predicted molar refractivity (Wildman–Crippen MR) is 44.7 cm³/mol. The number of rotatable bonds is 1. The molecule has 0 unspecified atom stereocenters. The van der Waals surface area contributed by atoms with Gasteiger partial charge in [-0.05, 0) is 13.0 Å². The summed E-state index contributed by atoms with van der Waals surface area (Å²) >= 11 is 0. The van der Waals surface area contributed by atoms with E-state index in [1.807, 2.05) is 0 Å². The van der Waals surface area contributed by atoms with Crippen LogP contribution in [0.3, 0.4) is 0 Å². The number of aryl methyl sites for hydroxylation is 1. The van der Waals surface area contributed by atoms with E-state index in [-0.39, 0.29) is 5.69 Å². The summed E-state index contributed by atoms with van der Waals surface area (Å²) in [6, 6.07) is 1.73. The highest BCUT2D eigenvalue weighted by Crippen LogP contribution is 2.08. The summed E-state index contributed by atoms with van der Waals surface area (Å²) in [5.41, 5.74) is 0.380. The van der Waals surface area contributed by atoms with Crippen LogP contribution in [0.15, 0.2) is 18.5 Å². The molecule has 66 valence electrons. The van der Waals surface area contributed by atoms with Crippen molar-refractivity contribution in [2.45, 2.75) is 6.92 Å². The molecule has 2 heterocycles. The van der Waals surface area contributed by atoms with Crippen LogP contribution in [-0.2, 0) is 0 Å². The molecule has 0 bridgehead atoms. The molecule has 0 atom stereocenters. The molecule has 0 radical (unpaired) electrons. The lowest BCUT2D eigenvalue weighted by Crippen LogP contribution is -1.98. The van der Waals surface area contributed by atoms with Crippen LogP contribution in [0.2, 0.25) is 0 Å². The molecule has 2 aromatic rings. The maximum Gasteiger partial charge on any atom is 0.358 e. The third-order valence-electron chi connectivity index (χ3n) is 1.78. The first-order valence-electron chi connectivity index (χ1n) is 3.73. The SMILES string of the molecule is Cc1nc(C(=O)O)c2ncccn12. The third-order valence-corrected chi connectivity index (χ3v) is 1.78. The minimum Gasteiger partial charge on any atom is -0.476 e. The fraction of sp³-hybridized carbons (Fsp3) is 0.125. The van der Waals surface area contributed by atoms with E-state index in [1.54, 1.807) is 29.8 Å². The van der Waals surface area contributed by atoms with E-state index in [9.17, 15) is 4.79 Å². The van der Waals surface area contributed by atoms with Crippen LogP contribution in [0.5, 0.6) is 0 Å². The number of hydrogen-bond acceptors (Lipinski definition) is 3. The summed E-state index contributed by atoms with van der Waals surface area (Å²) in [6.45, 7) is 1.74. The van der Waals surface area contributed by atoms with Gasteiger partial charge in [-0.1, -0.05) is 0 Å². The Morgan fingerprint density at radius 3 is 3.08 bits per heavy atom. The van der Waals surface area contributed by atoms with Gasteiger partial charge in [0.1, 0.15) is 5.82 Å². The van der Waals surface area contributed by atoms with Crippen LogP contribution < -0.4 is 0 Å². The van der Waals surface area contributed by atoms with Crippen molar-refractivity contribution in [3.63, 3.8) is 0 Å². The van der Waals surface area contributed by atoms with E-state index in [0.29, 0.717) is 11.5 Å². The molecule has 0 amide bonds. The number of aromatic carboxylic acids is 1. The molecule has 0 saturated heterocycles. The molecule has 1 N–H and O–H groups in total. The zero-order chi connectivity index (χ0) is 9.42. The van der Waals surface area contributed by atoms with Crippen molar-refractivity contribution >= 4 is 11.6 Å². The van der Waals surface area contributed by atoms with Gasteiger partial charge >= 0.3 is 5.97 Å². The van der Waals surface area contributed by atoms with Gasteiger partial charge in [-0.25, -0.2) is 14.8 Å². The molecule has 5 nitrogen and oxygen atoms in total. The fourth-order valence-electron chi connectivity index (χ4n) is 1.22. The molecular weight excluding hydrogens is 170 g/mol. The van der Waals surface area contributed by atoms with Crippen LogP contribution in [0.25, 0.3) is 5.65 Å². The second-order valence-corrected chi connectivity index (χ2v) is 2.63. The van der Waals surface area contributed by atoms with Gasteiger partial charge in [0.15, 0.2) is 11.3 Å². The Morgan fingerprint density at radius 1 is 1.62 bits per heavy atom. The monoisotopic (exact) mass is 177 g/mol. The second-order valence-electron chi connectivity index (χ2n) is 2.63. The predicted octanol–water partition coefficient (Wildman–Crippen LogP) is 0.736. The lowest BCUT2D eigenvalue weighted by atomic mass is 10.4. The summed E-state index contributed by atoms with van der Waals surface area (Å²) in [5.74, 6) is -0.426. The smallest absolute Gasteiger partial charge is 0.358 e. The number of carboxylic acid groups (broad SMARTS) is 1. The maximum atomic E-state index is 10.7. The van der Waals surface area contributed by atoms with Crippen molar-refractivity contribution in [2.75, 3.05) is 0 Å². The van der Waals surface area contributed by atoms with Crippen LogP contribution >= 0.6 is 0 Å². The zero-order valence-electron chi connectivity index (χ0n) is 6.93. The van der Waals surface area contributed by atoms with Crippen molar-refractivity contribution < 1.29 is 9.90 Å². The minimum absolute atomic E-state index is 0.00176. The number of carbonyl (C=O) groups is 1. The highest BCUT2D eigenvalue weighted by atomic mass is 16.4. The van der Waals surface area contributed by atoms with Crippen molar-refractivity contribution in [1.29, 1.82) is 0 Å². The molecule has 13 heavy (non-hydrogen) atoms. The number of hydrogen-bond donors (Lipinski definition) is 1. The summed E-state index contributed by atoms with van der Waals surface area (Å²) in [5, 5.41) is 8.78. The molecule has 5 heteroatoms. The Bertz CT molecular complexity index is 475. The number of carboxylic acids is 1. The van der Waals surface area contributed by atoms with Gasteiger partial charge in [-0.3, -0.25) is 4.40 Å². The quantitative estimate of drug-likeness (QED) is 0.697. The normalized spacial score (nSPS) is 10.5. The van der Waals surface area contributed by atoms with Crippen LogP contribution in [0.1, 0.15) is 16.3 Å². The summed E-state index contributed by atoms with van der Waals surface area (Å²) < 4.78 is 1.64. The average molecular weight is 177 g/mol.